The Morgan fingerprint density at radius 1 is 0.731 bits per heavy atom. The van der Waals surface area contributed by atoms with Gasteiger partial charge in [-0.3, -0.25) is 39.0 Å². The monoisotopic (exact) mass is 938 g/mol. The molecule has 0 bridgehead atoms. The Morgan fingerprint density at radius 3 is 1.73 bits per heavy atom. The molecule has 14 nitrogen and oxygen atoms in total. The third-order valence-electron chi connectivity index (χ3n) is 11.9. The van der Waals surface area contributed by atoms with E-state index < -0.39 is 4.75 Å². The Bertz CT molecular complexity index is 2690. The molecule has 4 aliphatic heterocycles. The minimum Gasteiger partial charge on any atom is -0.493 e. The van der Waals surface area contributed by atoms with E-state index in [1.807, 2.05) is 93.0 Å². The van der Waals surface area contributed by atoms with Crippen molar-refractivity contribution in [2.75, 3.05) is 35.1 Å². The Labute approximate surface area is 396 Å². The molecule has 9 rings (SSSR count). The van der Waals surface area contributed by atoms with Crippen LogP contribution in [0.25, 0.3) is 0 Å². The lowest BCUT2D eigenvalue weighted by Crippen LogP contribution is -2.37. The van der Waals surface area contributed by atoms with Crippen LogP contribution in [0.5, 0.6) is 23.0 Å². The van der Waals surface area contributed by atoms with Crippen molar-refractivity contribution in [1.82, 2.24) is 0 Å². The molecular formula is C51H50N6O8S2. The van der Waals surface area contributed by atoms with Gasteiger partial charge >= 0.3 is 0 Å². The zero-order chi connectivity index (χ0) is 46.8. The van der Waals surface area contributed by atoms with Crippen molar-refractivity contribution in [2.45, 2.75) is 76.0 Å². The molecule has 0 unspecified atom stereocenters. The summed E-state index contributed by atoms with van der Waals surface area (Å²) in [6, 6.07) is 27.8. The molecule has 0 spiro atoms. The van der Waals surface area contributed by atoms with E-state index >= 15 is 0 Å². The van der Waals surface area contributed by atoms with Crippen molar-refractivity contribution >= 4 is 86.1 Å². The number of carbonyl (C=O) groups excluding carboxylic acids is 4. The van der Waals surface area contributed by atoms with Crippen molar-refractivity contribution in [3.63, 3.8) is 0 Å². The first-order valence-corrected chi connectivity index (χ1v) is 24.3. The van der Waals surface area contributed by atoms with E-state index in [-0.39, 0.29) is 55.3 Å². The first kappa shape index (κ1) is 45.4. The number of methoxy groups -OCH3 is 2. The summed E-state index contributed by atoms with van der Waals surface area (Å²) in [5, 5.41) is 3.09. The van der Waals surface area contributed by atoms with Gasteiger partial charge in [-0.05, 0) is 85.0 Å². The molecule has 0 aliphatic carbocycles. The quantitative estimate of drug-likeness (QED) is 0.0676. The van der Waals surface area contributed by atoms with Gasteiger partial charge in [-0.2, -0.15) is 0 Å². The second-order valence-corrected chi connectivity index (χ2v) is 20.4. The summed E-state index contributed by atoms with van der Waals surface area (Å²) in [6.45, 7) is 4.14. The molecule has 4 heterocycles. The first-order chi connectivity index (χ1) is 32.4. The molecular weight excluding hydrogens is 889 g/mol. The van der Waals surface area contributed by atoms with Gasteiger partial charge in [0.25, 0.3) is 11.8 Å². The molecule has 3 N–H and O–H groups in total. The van der Waals surface area contributed by atoms with Gasteiger partial charge in [0.2, 0.25) is 11.8 Å². The number of nitrogens with one attached hydrogen (secondary N) is 1. The van der Waals surface area contributed by atoms with Crippen LogP contribution in [-0.2, 0) is 35.6 Å². The third kappa shape index (κ3) is 9.72. The standard InChI is InChI=1S/C51H50N6O8S2/c1-51(2,67-66-15-9-14-47(52)58)25-48(59)55-34-17-30(28-64-45-23-39-37(21-43(45)62-3)49(60)56-35(26-53-39)19-32-10-5-7-12-41(32)56)16-31(18-34)29-65-46-24-40-38(22-44(46)63-4)50(61)57-36(27-54-40)20-33-11-6-8-13-42(33)57/h5-8,10-13,16-18,21-24,26-27,35-36H,9,14-15,19-20,25,28-29H2,1-4H3,(H2,52,58)(H,55,59)/t35-,36-/m0/s1. The second kappa shape index (κ2) is 19.2. The van der Waals surface area contributed by atoms with E-state index in [2.05, 4.69) is 5.32 Å². The largest absolute Gasteiger partial charge is 0.493 e. The molecule has 2 atom stereocenters. The van der Waals surface area contributed by atoms with Gasteiger partial charge in [-0.1, -0.05) is 58.0 Å². The van der Waals surface area contributed by atoms with Gasteiger partial charge < -0.3 is 30.0 Å². The Kier molecular flexibility index (Phi) is 13.0. The number of nitrogens with zero attached hydrogens (tertiary/aromatic N) is 4. The fraction of sp³-hybridized carbons (Fsp3) is 0.294. The molecule has 16 heteroatoms. The fourth-order valence-electron chi connectivity index (χ4n) is 8.83. The predicted molar refractivity (Wildman–Crippen MR) is 265 cm³/mol. The maximum atomic E-state index is 14.0. The molecule has 67 heavy (non-hydrogen) atoms. The number of nitrogens with two attached hydrogens (primary N) is 1. The average molecular weight is 939 g/mol. The first-order valence-electron chi connectivity index (χ1n) is 22.0. The average Bonchev–Trinajstić information content (AvgIpc) is 3.80. The van der Waals surface area contributed by atoms with Crippen molar-refractivity contribution < 1.29 is 38.1 Å². The van der Waals surface area contributed by atoms with Gasteiger partial charge in [-0.15, -0.1) is 0 Å². The van der Waals surface area contributed by atoms with Crippen LogP contribution >= 0.6 is 21.6 Å². The normalized spacial score (nSPS) is 16.5. The SMILES string of the molecule is COc1cc2c(cc1OCc1cc(COc3cc4c(cc3OC)C(=O)N3c5ccccc5C[C@H]3C=N4)cc(NC(=O)CC(C)(C)SSCCCC(N)=O)c1)N=C[C@@H]1Cc3ccccc3N1C2=O. The summed E-state index contributed by atoms with van der Waals surface area (Å²) in [6.07, 6.45) is 6.19. The summed E-state index contributed by atoms with van der Waals surface area (Å²) in [5.41, 5.74) is 13.0. The Morgan fingerprint density at radius 2 is 1.24 bits per heavy atom. The molecule has 0 radical (unpaired) electrons. The van der Waals surface area contributed by atoms with Crippen LogP contribution in [0.15, 0.2) is 101 Å². The number of hydrogen-bond donors (Lipinski definition) is 2. The number of ether oxygens (including phenoxy) is 4. The molecule has 0 fully saturated rings. The fourth-order valence-corrected chi connectivity index (χ4v) is 11.4. The number of primary amides is 1. The van der Waals surface area contributed by atoms with Crippen LogP contribution in [-0.4, -0.2) is 72.9 Å². The number of hydrogen-bond acceptors (Lipinski definition) is 12. The highest BCUT2D eigenvalue weighted by atomic mass is 33.1. The van der Waals surface area contributed by atoms with Crippen LogP contribution in [0, 0.1) is 0 Å². The van der Waals surface area contributed by atoms with Gasteiger partial charge in [0.15, 0.2) is 23.0 Å². The number of para-hydroxylation sites is 2. The lowest BCUT2D eigenvalue weighted by atomic mass is 10.1. The molecule has 4 amide bonds. The van der Waals surface area contributed by atoms with E-state index in [4.69, 9.17) is 34.7 Å². The highest BCUT2D eigenvalue weighted by Gasteiger charge is 2.38. The molecule has 0 saturated heterocycles. The maximum absolute atomic E-state index is 14.0. The number of anilines is 3. The minimum absolute atomic E-state index is 0.0642. The molecule has 0 saturated carbocycles. The summed E-state index contributed by atoms with van der Waals surface area (Å²) in [7, 11) is 6.25. The zero-order valence-electron chi connectivity index (χ0n) is 37.6. The van der Waals surface area contributed by atoms with Gasteiger partial charge in [0.1, 0.15) is 13.2 Å². The predicted octanol–water partition coefficient (Wildman–Crippen LogP) is 9.19. The lowest BCUT2D eigenvalue weighted by molar-refractivity contribution is -0.118. The van der Waals surface area contributed by atoms with Crippen molar-refractivity contribution in [1.29, 1.82) is 0 Å². The zero-order valence-corrected chi connectivity index (χ0v) is 39.2. The van der Waals surface area contributed by atoms with Crippen molar-refractivity contribution in [2.24, 2.45) is 15.7 Å². The summed E-state index contributed by atoms with van der Waals surface area (Å²) in [5.74, 6) is 1.41. The minimum atomic E-state index is -0.413. The lowest BCUT2D eigenvalue weighted by Gasteiger charge is -2.23. The second-order valence-electron chi connectivity index (χ2n) is 17.3. The summed E-state index contributed by atoms with van der Waals surface area (Å²) >= 11 is 0. The third-order valence-corrected chi connectivity index (χ3v) is 15.3. The van der Waals surface area contributed by atoms with Gasteiger partial charge in [-0.25, -0.2) is 0 Å². The van der Waals surface area contributed by atoms with E-state index in [9.17, 15) is 19.2 Å². The molecule has 0 aromatic heterocycles. The number of rotatable bonds is 17. The van der Waals surface area contributed by atoms with E-state index in [0.717, 1.165) is 28.3 Å². The Balaban J connectivity index is 0.959. The number of amides is 4. The van der Waals surface area contributed by atoms with Crippen molar-refractivity contribution in [3.8, 4) is 23.0 Å². The maximum Gasteiger partial charge on any atom is 0.261 e. The molecule has 5 aromatic carbocycles. The summed E-state index contributed by atoms with van der Waals surface area (Å²) in [4.78, 5) is 66.0. The van der Waals surface area contributed by atoms with E-state index in [0.29, 0.717) is 88.0 Å². The number of carbonyl (C=O) groups is 4. The molecule has 4 aliphatic rings. The topological polar surface area (TPSA) is 174 Å². The van der Waals surface area contributed by atoms with Crippen LogP contribution in [0.4, 0.5) is 28.4 Å². The van der Waals surface area contributed by atoms with Gasteiger partial charge in [0, 0.05) is 77.8 Å². The van der Waals surface area contributed by atoms with E-state index in [1.54, 1.807) is 55.7 Å². The molecule has 5 aromatic rings. The summed E-state index contributed by atoms with van der Waals surface area (Å²) < 4.78 is 24.0. The van der Waals surface area contributed by atoms with Crippen LogP contribution in [0.1, 0.15) is 76.1 Å². The van der Waals surface area contributed by atoms with Crippen LogP contribution < -0.4 is 39.8 Å². The smallest absolute Gasteiger partial charge is 0.261 e. The van der Waals surface area contributed by atoms with Crippen LogP contribution in [0.3, 0.4) is 0 Å². The number of fused-ring (bicyclic) bond motifs is 8. The van der Waals surface area contributed by atoms with Crippen LogP contribution in [0.2, 0.25) is 0 Å². The van der Waals surface area contributed by atoms with E-state index in [1.165, 1.54) is 14.2 Å². The van der Waals surface area contributed by atoms with Crippen molar-refractivity contribution in [3.05, 3.63) is 124 Å². The number of benzene rings is 5. The molecule has 344 valence electrons. The Hall–Kier alpha value is -6.78. The van der Waals surface area contributed by atoms with Gasteiger partial charge in [0.05, 0.1) is 48.8 Å². The highest BCUT2D eigenvalue weighted by Crippen LogP contribution is 2.44. The highest BCUT2D eigenvalue weighted by molar-refractivity contribution is 8.77. The number of aliphatic imine (C=N–C) groups is 2.